The number of rotatable bonds is 7. The van der Waals surface area contributed by atoms with Gasteiger partial charge in [0.1, 0.15) is 11.6 Å². The van der Waals surface area contributed by atoms with Crippen molar-refractivity contribution in [3.05, 3.63) is 41.9 Å². The van der Waals surface area contributed by atoms with Gasteiger partial charge in [0.2, 0.25) is 5.91 Å². The molecule has 0 aliphatic rings. The van der Waals surface area contributed by atoms with E-state index in [4.69, 9.17) is 4.42 Å². The molecule has 1 amide bonds. The zero-order valence-corrected chi connectivity index (χ0v) is 12.2. The molecule has 2 N–H and O–H groups in total. The maximum atomic E-state index is 13.6. The van der Waals surface area contributed by atoms with Crippen LogP contribution in [0.15, 0.2) is 28.8 Å². The van der Waals surface area contributed by atoms with E-state index in [9.17, 15) is 13.6 Å². The van der Waals surface area contributed by atoms with Crippen LogP contribution in [0.25, 0.3) is 11.3 Å². The Hall–Kier alpha value is -2.28. The number of hydrogen-bond acceptors (Lipinski definition) is 4. The Balaban J connectivity index is 1.93. The van der Waals surface area contributed by atoms with E-state index in [0.29, 0.717) is 25.4 Å². The third-order valence-electron chi connectivity index (χ3n) is 3.01. The molecule has 0 radical (unpaired) electrons. The van der Waals surface area contributed by atoms with E-state index in [-0.39, 0.29) is 23.7 Å². The van der Waals surface area contributed by atoms with Gasteiger partial charge in [-0.2, -0.15) is 0 Å². The molecule has 1 aromatic carbocycles. The lowest BCUT2D eigenvalue weighted by atomic mass is 10.2. The van der Waals surface area contributed by atoms with Crippen LogP contribution in [0.4, 0.5) is 8.78 Å². The van der Waals surface area contributed by atoms with Gasteiger partial charge in [0.15, 0.2) is 11.7 Å². The number of oxazole rings is 1. The highest BCUT2D eigenvalue weighted by molar-refractivity contribution is 5.76. The monoisotopic (exact) mass is 309 g/mol. The Labute approximate surface area is 126 Å². The van der Waals surface area contributed by atoms with Crippen molar-refractivity contribution in [1.82, 2.24) is 15.6 Å². The van der Waals surface area contributed by atoms with Crippen molar-refractivity contribution >= 4 is 5.91 Å². The number of carbonyl (C=O) groups is 1. The highest BCUT2D eigenvalue weighted by atomic mass is 19.1. The normalized spacial score (nSPS) is 10.7. The molecule has 1 heterocycles. The molecule has 2 rings (SSSR count). The predicted molar refractivity (Wildman–Crippen MR) is 77.1 cm³/mol. The van der Waals surface area contributed by atoms with Crippen LogP contribution in [0.2, 0.25) is 0 Å². The van der Waals surface area contributed by atoms with Crippen LogP contribution in [0.5, 0.6) is 0 Å². The van der Waals surface area contributed by atoms with Crippen LogP contribution in [-0.4, -0.2) is 31.0 Å². The van der Waals surface area contributed by atoms with Gasteiger partial charge in [-0.05, 0) is 19.2 Å². The van der Waals surface area contributed by atoms with E-state index >= 15 is 0 Å². The lowest BCUT2D eigenvalue weighted by molar-refractivity contribution is -0.121. The second kappa shape index (κ2) is 7.65. The van der Waals surface area contributed by atoms with E-state index in [1.807, 2.05) is 0 Å². The number of aryl methyl sites for hydroxylation is 1. The maximum absolute atomic E-state index is 13.6. The number of amides is 1. The Morgan fingerprint density at radius 1 is 1.32 bits per heavy atom. The molecule has 0 atom stereocenters. The summed E-state index contributed by atoms with van der Waals surface area (Å²) < 4.78 is 31.9. The summed E-state index contributed by atoms with van der Waals surface area (Å²) in [4.78, 5) is 15.6. The summed E-state index contributed by atoms with van der Waals surface area (Å²) >= 11 is 0. The Morgan fingerprint density at radius 2 is 2.14 bits per heavy atom. The lowest BCUT2D eigenvalue weighted by Gasteiger charge is -2.03. The van der Waals surface area contributed by atoms with Crippen LogP contribution in [0.3, 0.4) is 0 Å². The summed E-state index contributed by atoms with van der Waals surface area (Å²) in [6, 6.07) is 3.22. The third-order valence-corrected chi connectivity index (χ3v) is 3.01. The number of nitrogens with zero attached hydrogens (tertiary/aromatic N) is 1. The molecule has 0 aliphatic carbocycles. The summed E-state index contributed by atoms with van der Waals surface area (Å²) in [5.41, 5.74) is 0.138. The zero-order chi connectivity index (χ0) is 15.9. The second-order valence-corrected chi connectivity index (χ2v) is 4.70. The summed E-state index contributed by atoms with van der Waals surface area (Å²) in [6.45, 7) is 1.24. The maximum Gasteiger partial charge on any atom is 0.220 e. The minimum absolute atomic E-state index is 0.108. The van der Waals surface area contributed by atoms with E-state index in [1.165, 1.54) is 12.3 Å². The van der Waals surface area contributed by atoms with Crippen molar-refractivity contribution in [2.24, 2.45) is 0 Å². The number of benzene rings is 1. The lowest BCUT2D eigenvalue weighted by Crippen LogP contribution is -2.30. The van der Waals surface area contributed by atoms with Crippen molar-refractivity contribution in [3.8, 4) is 11.3 Å². The highest BCUT2D eigenvalue weighted by Gasteiger charge is 2.12. The number of aromatic nitrogens is 1. The van der Waals surface area contributed by atoms with Crippen LogP contribution in [0, 0.1) is 11.6 Å². The first-order valence-corrected chi connectivity index (χ1v) is 6.91. The van der Waals surface area contributed by atoms with Crippen LogP contribution in [0.1, 0.15) is 12.3 Å². The van der Waals surface area contributed by atoms with Crippen molar-refractivity contribution < 1.29 is 18.0 Å². The quantitative estimate of drug-likeness (QED) is 0.767. The Kier molecular flexibility index (Phi) is 5.60. The van der Waals surface area contributed by atoms with Gasteiger partial charge in [-0.3, -0.25) is 4.79 Å². The zero-order valence-electron chi connectivity index (χ0n) is 12.2. The highest BCUT2D eigenvalue weighted by Crippen LogP contribution is 2.24. The van der Waals surface area contributed by atoms with Crippen LogP contribution in [-0.2, 0) is 11.2 Å². The molecule has 0 unspecified atom stereocenters. The Morgan fingerprint density at radius 3 is 2.86 bits per heavy atom. The molecule has 0 bridgehead atoms. The van der Waals surface area contributed by atoms with Crippen molar-refractivity contribution in [2.75, 3.05) is 20.1 Å². The van der Waals surface area contributed by atoms with Crippen LogP contribution < -0.4 is 10.6 Å². The molecule has 118 valence electrons. The molecule has 7 heteroatoms. The van der Waals surface area contributed by atoms with Crippen molar-refractivity contribution in [1.29, 1.82) is 0 Å². The van der Waals surface area contributed by atoms with Crippen molar-refractivity contribution in [3.63, 3.8) is 0 Å². The fourth-order valence-corrected chi connectivity index (χ4v) is 1.88. The van der Waals surface area contributed by atoms with E-state index in [1.54, 1.807) is 7.05 Å². The molecule has 1 aromatic heterocycles. The number of hydrogen-bond donors (Lipinski definition) is 2. The van der Waals surface area contributed by atoms with Gasteiger partial charge in [-0.15, -0.1) is 0 Å². The molecule has 0 fully saturated rings. The van der Waals surface area contributed by atoms with Gasteiger partial charge in [0.25, 0.3) is 0 Å². The number of nitrogens with one attached hydrogen (secondary N) is 2. The summed E-state index contributed by atoms with van der Waals surface area (Å²) in [6.07, 6.45) is 1.91. The predicted octanol–water partition coefficient (Wildman–Crippen LogP) is 1.89. The van der Waals surface area contributed by atoms with Gasteiger partial charge >= 0.3 is 0 Å². The van der Waals surface area contributed by atoms with E-state index in [0.717, 1.165) is 12.1 Å². The largest absolute Gasteiger partial charge is 0.441 e. The minimum atomic E-state index is -0.715. The fraction of sp³-hybridized carbons (Fsp3) is 0.333. The molecule has 0 saturated carbocycles. The average Bonchev–Trinajstić information content (AvgIpc) is 2.94. The standard InChI is InChI=1S/C15H17F2N3O2/c1-18-6-7-19-14(21)4-5-15-20-9-13(22-15)11-3-2-10(16)8-12(11)17/h2-3,8-9,18H,4-7H2,1H3,(H,19,21). The first-order valence-electron chi connectivity index (χ1n) is 6.91. The molecular formula is C15H17F2N3O2. The molecule has 5 nitrogen and oxygen atoms in total. The molecule has 0 saturated heterocycles. The first-order chi connectivity index (χ1) is 10.6. The summed E-state index contributed by atoms with van der Waals surface area (Å²) in [5.74, 6) is -0.930. The molecule has 0 spiro atoms. The van der Waals surface area contributed by atoms with Crippen LogP contribution >= 0.6 is 0 Å². The van der Waals surface area contributed by atoms with Gasteiger partial charge in [0.05, 0.1) is 11.8 Å². The molecule has 2 aromatic rings. The van der Waals surface area contributed by atoms with E-state index < -0.39 is 11.6 Å². The summed E-state index contributed by atoms with van der Waals surface area (Å²) in [7, 11) is 1.80. The molecule has 0 aliphatic heterocycles. The Bertz CT molecular complexity index is 643. The smallest absolute Gasteiger partial charge is 0.220 e. The summed E-state index contributed by atoms with van der Waals surface area (Å²) in [5, 5.41) is 5.65. The topological polar surface area (TPSA) is 67.2 Å². The second-order valence-electron chi connectivity index (χ2n) is 4.70. The molecular weight excluding hydrogens is 292 g/mol. The minimum Gasteiger partial charge on any atom is -0.441 e. The van der Waals surface area contributed by atoms with Gasteiger partial charge in [-0.25, -0.2) is 13.8 Å². The number of carbonyl (C=O) groups excluding carboxylic acids is 1. The number of halogens is 2. The third kappa shape index (κ3) is 4.36. The average molecular weight is 309 g/mol. The van der Waals surface area contributed by atoms with Crippen molar-refractivity contribution in [2.45, 2.75) is 12.8 Å². The van der Waals surface area contributed by atoms with E-state index in [2.05, 4.69) is 15.6 Å². The SMILES string of the molecule is CNCCNC(=O)CCc1ncc(-c2ccc(F)cc2F)o1. The first kappa shape index (κ1) is 16.1. The fourth-order valence-electron chi connectivity index (χ4n) is 1.88. The number of likely N-dealkylation sites (N-methyl/N-ethyl adjacent to an activating group) is 1. The van der Waals surface area contributed by atoms with Gasteiger partial charge < -0.3 is 15.1 Å². The van der Waals surface area contributed by atoms with Gasteiger partial charge in [-0.1, -0.05) is 0 Å². The van der Waals surface area contributed by atoms with Gasteiger partial charge in [0, 0.05) is 32.0 Å². The molecule has 22 heavy (non-hydrogen) atoms.